The van der Waals surface area contributed by atoms with Crippen LogP contribution in [0.5, 0.6) is 11.5 Å². The zero-order valence-corrected chi connectivity index (χ0v) is 16.5. The molecule has 2 aromatic carbocycles. The van der Waals surface area contributed by atoms with Crippen LogP contribution < -0.4 is 20.2 Å². The van der Waals surface area contributed by atoms with Crippen molar-refractivity contribution in [2.75, 3.05) is 46.4 Å². The summed E-state index contributed by atoms with van der Waals surface area (Å²) in [6, 6.07) is 16.2. The molecule has 1 heterocycles. The fourth-order valence-corrected chi connectivity index (χ4v) is 3.37. The Morgan fingerprint density at radius 1 is 1.04 bits per heavy atom. The van der Waals surface area contributed by atoms with E-state index >= 15 is 0 Å². The fraction of sp³-hybridized carbons (Fsp3) is 0.333. The van der Waals surface area contributed by atoms with Gasteiger partial charge >= 0.3 is 0 Å². The number of hydrogen-bond acceptors (Lipinski definition) is 6. The van der Waals surface area contributed by atoms with Crippen LogP contribution in [0.4, 0.5) is 5.69 Å². The lowest BCUT2D eigenvalue weighted by Gasteiger charge is -2.31. The maximum atomic E-state index is 6.36. The number of rotatable bonds is 7. The molecule has 6 nitrogen and oxygen atoms in total. The first kappa shape index (κ1) is 18.9. The first-order chi connectivity index (χ1) is 13.0. The number of hydrazine groups is 1. The molecule has 0 radical (unpaired) electrons. The molecule has 27 heavy (non-hydrogen) atoms. The minimum Gasteiger partial charge on any atom is -0.497 e. The van der Waals surface area contributed by atoms with Gasteiger partial charge in [0.25, 0.3) is 0 Å². The van der Waals surface area contributed by atoms with E-state index in [4.69, 9.17) is 15.2 Å². The molecule has 0 aromatic heterocycles. The van der Waals surface area contributed by atoms with E-state index in [0.29, 0.717) is 6.54 Å². The standard InChI is InChI=1S/C21H28N4O2/c1-23(13-16-10-11-18(26-3)12-21(16)27-4)15-20-19(22)14-25(24(20)2)17-8-6-5-7-9-17/h5-12H,13-15,22H2,1-4H3. The summed E-state index contributed by atoms with van der Waals surface area (Å²) in [5, 5.41) is 4.33. The molecule has 0 saturated carbocycles. The van der Waals surface area contributed by atoms with Gasteiger partial charge in [0, 0.05) is 31.8 Å². The Labute approximate surface area is 161 Å². The molecule has 2 aromatic rings. The lowest BCUT2D eigenvalue weighted by atomic mass is 10.1. The molecular weight excluding hydrogens is 340 g/mol. The molecule has 0 amide bonds. The highest BCUT2D eigenvalue weighted by Crippen LogP contribution is 2.28. The van der Waals surface area contributed by atoms with E-state index < -0.39 is 0 Å². The average molecular weight is 368 g/mol. The van der Waals surface area contributed by atoms with Gasteiger partial charge in [0.1, 0.15) is 11.5 Å². The number of ether oxygens (including phenoxy) is 2. The van der Waals surface area contributed by atoms with Crippen molar-refractivity contribution >= 4 is 5.69 Å². The van der Waals surface area contributed by atoms with Gasteiger partial charge in [-0.2, -0.15) is 0 Å². The Bertz CT molecular complexity index is 807. The Balaban J connectivity index is 1.69. The monoisotopic (exact) mass is 368 g/mol. The molecule has 0 bridgehead atoms. The Morgan fingerprint density at radius 3 is 2.44 bits per heavy atom. The molecule has 0 unspecified atom stereocenters. The third kappa shape index (κ3) is 4.11. The quantitative estimate of drug-likeness (QED) is 0.811. The van der Waals surface area contributed by atoms with E-state index in [1.54, 1.807) is 14.2 Å². The number of nitrogens with zero attached hydrogens (tertiary/aromatic N) is 3. The molecule has 6 heteroatoms. The third-order valence-corrected chi connectivity index (χ3v) is 4.85. The van der Waals surface area contributed by atoms with E-state index in [9.17, 15) is 0 Å². The Morgan fingerprint density at radius 2 is 1.78 bits per heavy atom. The molecular formula is C21H28N4O2. The molecule has 1 aliphatic rings. The summed E-state index contributed by atoms with van der Waals surface area (Å²) in [5.41, 5.74) is 10.6. The smallest absolute Gasteiger partial charge is 0.127 e. The minimum absolute atomic E-state index is 0.704. The molecule has 1 aliphatic heterocycles. The molecule has 0 aliphatic carbocycles. The van der Waals surface area contributed by atoms with Crippen molar-refractivity contribution in [3.8, 4) is 11.5 Å². The second-order valence-corrected chi connectivity index (χ2v) is 6.74. The lowest BCUT2D eigenvalue weighted by molar-refractivity contribution is 0.300. The minimum atomic E-state index is 0.704. The average Bonchev–Trinajstić information content (AvgIpc) is 2.97. The van der Waals surface area contributed by atoms with Gasteiger partial charge in [0.2, 0.25) is 0 Å². The number of benzene rings is 2. The van der Waals surface area contributed by atoms with Crippen molar-refractivity contribution in [1.29, 1.82) is 0 Å². The van der Waals surface area contributed by atoms with Crippen molar-refractivity contribution in [2.45, 2.75) is 6.54 Å². The van der Waals surface area contributed by atoms with Crippen LogP contribution in [-0.4, -0.2) is 51.3 Å². The number of likely N-dealkylation sites (N-methyl/N-ethyl adjacent to an activating group) is 2. The van der Waals surface area contributed by atoms with Crippen LogP contribution in [0.1, 0.15) is 5.56 Å². The molecule has 3 rings (SSSR count). The van der Waals surface area contributed by atoms with Crippen molar-refractivity contribution < 1.29 is 9.47 Å². The van der Waals surface area contributed by atoms with Gasteiger partial charge in [-0.15, -0.1) is 0 Å². The van der Waals surface area contributed by atoms with Gasteiger partial charge in [0.05, 0.1) is 37.8 Å². The fourth-order valence-electron chi connectivity index (χ4n) is 3.37. The van der Waals surface area contributed by atoms with Crippen molar-refractivity contribution in [3.05, 3.63) is 65.5 Å². The Hall–Kier alpha value is -2.86. The summed E-state index contributed by atoms with van der Waals surface area (Å²) in [5.74, 6) is 1.62. The summed E-state index contributed by atoms with van der Waals surface area (Å²) in [6.07, 6.45) is 0. The number of nitrogens with two attached hydrogens (primary N) is 1. The second-order valence-electron chi connectivity index (χ2n) is 6.74. The van der Waals surface area contributed by atoms with Gasteiger partial charge in [-0.3, -0.25) is 14.9 Å². The topological polar surface area (TPSA) is 54.2 Å². The summed E-state index contributed by atoms with van der Waals surface area (Å²) >= 11 is 0. The molecule has 144 valence electrons. The van der Waals surface area contributed by atoms with Crippen LogP contribution in [0.2, 0.25) is 0 Å². The normalized spacial score (nSPS) is 14.3. The van der Waals surface area contributed by atoms with E-state index in [0.717, 1.165) is 47.2 Å². The highest BCUT2D eigenvalue weighted by Gasteiger charge is 2.26. The Kier molecular flexibility index (Phi) is 5.76. The maximum absolute atomic E-state index is 6.36. The number of methoxy groups -OCH3 is 2. The summed E-state index contributed by atoms with van der Waals surface area (Å²) < 4.78 is 10.8. The first-order valence-electron chi connectivity index (χ1n) is 8.96. The van der Waals surface area contributed by atoms with E-state index in [1.807, 2.05) is 36.4 Å². The molecule has 2 N–H and O–H groups in total. The predicted octanol–water partition coefficient (Wildman–Crippen LogP) is 2.67. The SMILES string of the molecule is COc1ccc(CN(C)CC2=C(N)CN(c3ccccc3)N2C)c(OC)c1. The zero-order valence-electron chi connectivity index (χ0n) is 16.5. The van der Waals surface area contributed by atoms with Crippen LogP contribution in [0, 0.1) is 0 Å². The lowest BCUT2D eigenvalue weighted by Crippen LogP contribution is -2.37. The van der Waals surface area contributed by atoms with Crippen LogP contribution in [-0.2, 0) is 6.54 Å². The van der Waals surface area contributed by atoms with E-state index in [1.165, 1.54) is 0 Å². The van der Waals surface area contributed by atoms with Gasteiger partial charge < -0.3 is 15.2 Å². The number of hydrogen-bond donors (Lipinski definition) is 1. The van der Waals surface area contributed by atoms with Gasteiger partial charge in [-0.25, -0.2) is 0 Å². The number of para-hydroxylation sites is 1. The second kappa shape index (κ2) is 8.22. The zero-order chi connectivity index (χ0) is 19.4. The highest BCUT2D eigenvalue weighted by atomic mass is 16.5. The predicted molar refractivity (Wildman–Crippen MR) is 109 cm³/mol. The molecule has 0 fully saturated rings. The molecule has 0 atom stereocenters. The van der Waals surface area contributed by atoms with Crippen LogP contribution in [0.15, 0.2) is 59.9 Å². The summed E-state index contributed by atoms with van der Waals surface area (Å²) in [6.45, 7) is 2.21. The van der Waals surface area contributed by atoms with Gasteiger partial charge in [0.15, 0.2) is 0 Å². The van der Waals surface area contributed by atoms with Crippen LogP contribution in [0.3, 0.4) is 0 Å². The maximum Gasteiger partial charge on any atom is 0.127 e. The van der Waals surface area contributed by atoms with Crippen molar-refractivity contribution in [1.82, 2.24) is 9.91 Å². The molecule has 0 spiro atoms. The van der Waals surface area contributed by atoms with Crippen molar-refractivity contribution in [3.63, 3.8) is 0 Å². The van der Waals surface area contributed by atoms with Gasteiger partial charge in [-0.1, -0.05) is 24.3 Å². The molecule has 0 saturated heterocycles. The van der Waals surface area contributed by atoms with Gasteiger partial charge in [-0.05, 0) is 25.2 Å². The van der Waals surface area contributed by atoms with E-state index in [-0.39, 0.29) is 0 Å². The summed E-state index contributed by atoms with van der Waals surface area (Å²) in [4.78, 5) is 2.23. The third-order valence-electron chi connectivity index (χ3n) is 4.85. The van der Waals surface area contributed by atoms with Crippen LogP contribution in [0.25, 0.3) is 0 Å². The van der Waals surface area contributed by atoms with E-state index in [2.05, 4.69) is 41.1 Å². The van der Waals surface area contributed by atoms with Crippen molar-refractivity contribution in [2.24, 2.45) is 5.73 Å². The summed E-state index contributed by atoms with van der Waals surface area (Å²) in [7, 11) is 7.48. The highest BCUT2D eigenvalue weighted by molar-refractivity contribution is 5.49. The number of anilines is 1. The largest absolute Gasteiger partial charge is 0.497 e. The first-order valence-corrected chi connectivity index (χ1v) is 8.96. The van der Waals surface area contributed by atoms with Crippen LogP contribution >= 0.6 is 0 Å².